The number of hydrogen-bond donors (Lipinski definition) is 2. The summed E-state index contributed by atoms with van der Waals surface area (Å²) >= 11 is 5.26. The lowest BCUT2D eigenvalue weighted by molar-refractivity contribution is 0.482. The quantitative estimate of drug-likeness (QED) is 0.391. The Morgan fingerprint density at radius 2 is 1.94 bits per heavy atom. The summed E-state index contributed by atoms with van der Waals surface area (Å²) in [7, 11) is 0. The molecule has 1 atom stereocenters. The molecule has 0 aliphatic heterocycles. The molecule has 0 fully saturated rings. The zero-order chi connectivity index (χ0) is 12.5. The van der Waals surface area contributed by atoms with Gasteiger partial charge < -0.3 is 0 Å². The Balaban J connectivity index is 2.19. The van der Waals surface area contributed by atoms with Gasteiger partial charge in [0.2, 0.25) is 0 Å². The highest BCUT2D eigenvalue weighted by atomic mass is 79.9. The minimum absolute atomic E-state index is 0.317. The maximum Gasteiger partial charge on any atom is 0.0702 e. The van der Waals surface area contributed by atoms with Crippen molar-refractivity contribution in [1.29, 1.82) is 0 Å². The van der Waals surface area contributed by atoms with Crippen LogP contribution in [-0.4, -0.2) is 0 Å². The van der Waals surface area contributed by atoms with Crippen molar-refractivity contribution in [3.63, 3.8) is 0 Å². The molecule has 0 bridgehead atoms. The lowest BCUT2D eigenvalue weighted by Crippen LogP contribution is -2.27. The number of hydrazine groups is 1. The van der Waals surface area contributed by atoms with E-state index in [2.05, 4.69) is 40.4 Å². The molecule has 4 heteroatoms. The van der Waals surface area contributed by atoms with E-state index in [0.717, 1.165) is 6.42 Å². The third kappa shape index (κ3) is 6.00. The summed E-state index contributed by atoms with van der Waals surface area (Å²) in [6.45, 7) is 2.25. The van der Waals surface area contributed by atoms with E-state index < -0.39 is 0 Å². The predicted octanol–water partition coefficient (Wildman–Crippen LogP) is 4.77. The molecule has 3 N–H and O–H groups in total. The number of halogens is 1. The number of hydrogen-bond acceptors (Lipinski definition) is 3. The van der Waals surface area contributed by atoms with E-state index in [4.69, 9.17) is 5.84 Å². The summed E-state index contributed by atoms with van der Waals surface area (Å²) < 4.78 is 1.18. The second-order valence-electron chi connectivity index (χ2n) is 4.42. The molecule has 1 unspecified atom stereocenters. The monoisotopic (exact) mass is 318 g/mol. The minimum atomic E-state index is 0.317. The van der Waals surface area contributed by atoms with Crippen molar-refractivity contribution >= 4 is 27.3 Å². The molecule has 0 saturated carbocycles. The van der Waals surface area contributed by atoms with Gasteiger partial charge in [-0.3, -0.25) is 11.3 Å². The molecule has 0 spiro atoms. The topological polar surface area (TPSA) is 38.0 Å². The van der Waals surface area contributed by atoms with Gasteiger partial charge in [-0.25, -0.2) is 0 Å². The van der Waals surface area contributed by atoms with Gasteiger partial charge in [-0.1, -0.05) is 45.4 Å². The Kier molecular flexibility index (Phi) is 8.10. The zero-order valence-corrected chi connectivity index (χ0v) is 12.9. The summed E-state index contributed by atoms with van der Waals surface area (Å²) in [6, 6.07) is 4.56. The fourth-order valence-electron chi connectivity index (χ4n) is 1.95. The Labute approximate surface area is 117 Å². The van der Waals surface area contributed by atoms with Crippen LogP contribution >= 0.6 is 27.3 Å². The fourth-order valence-corrected chi connectivity index (χ4v) is 3.47. The molecule has 0 aromatic carbocycles. The Hall–Kier alpha value is 0.1000. The molecule has 0 radical (unpaired) electrons. The van der Waals surface area contributed by atoms with Crippen molar-refractivity contribution < 1.29 is 0 Å². The lowest BCUT2D eigenvalue weighted by Gasteiger charge is -2.13. The first-order valence-electron chi connectivity index (χ1n) is 6.49. The maximum atomic E-state index is 5.62. The van der Waals surface area contributed by atoms with Gasteiger partial charge in [-0.2, -0.15) is 0 Å². The third-order valence-corrected chi connectivity index (χ3v) is 4.72. The molecule has 98 valence electrons. The van der Waals surface area contributed by atoms with Gasteiger partial charge in [0, 0.05) is 4.88 Å². The molecule has 2 nitrogen and oxygen atoms in total. The van der Waals surface area contributed by atoms with E-state index in [1.807, 2.05) is 0 Å². The van der Waals surface area contributed by atoms with Crippen LogP contribution in [0, 0.1) is 0 Å². The number of unbranched alkanes of at least 4 members (excludes halogenated alkanes) is 5. The Morgan fingerprint density at radius 3 is 2.53 bits per heavy atom. The van der Waals surface area contributed by atoms with Gasteiger partial charge in [0.15, 0.2) is 0 Å². The molecule has 1 heterocycles. The molecule has 0 amide bonds. The summed E-state index contributed by atoms with van der Waals surface area (Å²) in [5.74, 6) is 5.62. The van der Waals surface area contributed by atoms with Crippen LogP contribution in [0.25, 0.3) is 0 Å². The van der Waals surface area contributed by atoms with Gasteiger partial charge in [0.1, 0.15) is 0 Å². The van der Waals surface area contributed by atoms with Gasteiger partial charge in [0.05, 0.1) is 9.83 Å². The summed E-state index contributed by atoms with van der Waals surface area (Å²) in [5.41, 5.74) is 2.92. The van der Waals surface area contributed by atoms with Crippen molar-refractivity contribution in [3.8, 4) is 0 Å². The van der Waals surface area contributed by atoms with Crippen molar-refractivity contribution in [2.45, 2.75) is 57.9 Å². The van der Waals surface area contributed by atoms with Crippen LogP contribution in [0.3, 0.4) is 0 Å². The molecule has 1 aromatic rings. The van der Waals surface area contributed by atoms with Crippen LogP contribution < -0.4 is 11.3 Å². The van der Waals surface area contributed by atoms with Crippen LogP contribution in [0.15, 0.2) is 15.9 Å². The molecule has 1 aromatic heterocycles. The van der Waals surface area contributed by atoms with Gasteiger partial charge >= 0.3 is 0 Å². The molecule has 1 rings (SSSR count). The smallest absolute Gasteiger partial charge is 0.0702 e. The summed E-state index contributed by atoms with van der Waals surface area (Å²) in [5, 5.41) is 0. The van der Waals surface area contributed by atoms with Crippen LogP contribution in [0.4, 0.5) is 0 Å². The Morgan fingerprint density at radius 1 is 1.24 bits per heavy atom. The molecule has 17 heavy (non-hydrogen) atoms. The van der Waals surface area contributed by atoms with Crippen LogP contribution in [0.1, 0.15) is 62.8 Å². The zero-order valence-electron chi connectivity index (χ0n) is 10.5. The summed E-state index contributed by atoms with van der Waals surface area (Å²) in [6.07, 6.45) is 9.14. The standard InChI is InChI=1S/C13H23BrN2S/c1-2-3-4-5-6-7-8-11(16-15)12-9-10-13(14)17-12/h9-11,16H,2-8,15H2,1H3. The lowest BCUT2D eigenvalue weighted by atomic mass is 10.1. The van der Waals surface area contributed by atoms with Crippen molar-refractivity contribution in [2.75, 3.05) is 0 Å². The first-order valence-corrected chi connectivity index (χ1v) is 8.10. The first kappa shape index (κ1) is 15.2. The van der Waals surface area contributed by atoms with E-state index in [1.54, 1.807) is 11.3 Å². The predicted molar refractivity (Wildman–Crippen MR) is 80.1 cm³/mol. The average Bonchev–Trinajstić information content (AvgIpc) is 2.75. The van der Waals surface area contributed by atoms with E-state index in [-0.39, 0.29) is 0 Å². The highest BCUT2D eigenvalue weighted by Crippen LogP contribution is 2.29. The second-order valence-corrected chi connectivity index (χ2v) is 6.91. The van der Waals surface area contributed by atoms with Crippen LogP contribution in [-0.2, 0) is 0 Å². The van der Waals surface area contributed by atoms with Crippen LogP contribution in [0.5, 0.6) is 0 Å². The molecule has 0 saturated heterocycles. The molecular weight excluding hydrogens is 296 g/mol. The molecule has 0 aliphatic rings. The number of nitrogens with two attached hydrogens (primary N) is 1. The van der Waals surface area contributed by atoms with Crippen molar-refractivity contribution in [2.24, 2.45) is 5.84 Å². The van der Waals surface area contributed by atoms with E-state index >= 15 is 0 Å². The summed E-state index contributed by atoms with van der Waals surface area (Å²) in [4.78, 5) is 1.33. The van der Waals surface area contributed by atoms with Crippen molar-refractivity contribution in [3.05, 3.63) is 20.8 Å². The van der Waals surface area contributed by atoms with Gasteiger partial charge in [-0.15, -0.1) is 11.3 Å². The average molecular weight is 319 g/mol. The van der Waals surface area contributed by atoms with Crippen molar-refractivity contribution in [1.82, 2.24) is 5.43 Å². The normalized spacial score (nSPS) is 12.9. The van der Waals surface area contributed by atoms with Gasteiger partial charge in [-0.05, 0) is 34.5 Å². The highest BCUT2D eigenvalue weighted by molar-refractivity contribution is 9.11. The second kappa shape index (κ2) is 9.09. The highest BCUT2D eigenvalue weighted by Gasteiger charge is 2.11. The van der Waals surface area contributed by atoms with E-state index in [9.17, 15) is 0 Å². The van der Waals surface area contributed by atoms with E-state index in [1.165, 1.54) is 47.2 Å². The van der Waals surface area contributed by atoms with Gasteiger partial charge in [0.25, 0.3) is 0 Å². The van der Waals surface area contributed by atoms with Crippen LogP contribution in [0.2, 0.25) is 0 Å². The van der Waals surface area contributed by atoms with E-state index in [0.29, 0.717) is 6.04 Å². The number of rotatable bonds is 9. The molecular formula is C13H23BrN2S. The maximum absolute atomic E-state index is 5.62. The third-order valence-electron chi connectivity index (χ3n) is 2.98. The Bertz CT molecular complexity index is 301. The largest absolute Gasteiger partial charge is 0.271 e. The number of nitrogens with one attached hydrogen (secondary N) is 1. The minimum Gasteiger partial charge on any atom is -0.271 e. The fraction of sp³-hybridized carbons (Fsp3) is 0.692. The SMILES string of the molecule is CCCCCCCCC(NN)c1ccc(Br)s1. The number of thiophene rings is 1. The molecule has 0 aliphatic carbocycles. The first-order chi connectivity index (χ1) is 8.27.